The second kappa shape index (κ2) is 6.68. The third-order valence-electron chi connectivity index (χ3n) is 2.63. The number of hydrogen-bond acceptors (Lipinski definition) is 1. The van der Waals surface area contributed by atoms with Gasteiger partial charge in [0.05, 0.1) is 0 Å². The van der Waals surface area contributed by atoms with E-state index in [4.69, 9.17) is 0 Å². The lowest BCUT2D eigenvalue weighted by Gasteiger charge is -2.37. The standard InChI is InChI=1S/C9H3F17O/c10-2(4(13,14)15)5(16,17)27-1-3(11,12)6(18,19)7(20,21)8(22,23)9(24,25)26/h2H,1H2. The van der Waals surface area contributed by atoms with Gasteiger partial charge in [-0.1, -0.05) is 0 Å². The highest BCUT2D eigenvalue weighted by molar-refractivity contribution is 5.06. The first kappa shape index (κ1) is 25.8. The zero-order valence-electron chi connectivity index (χ0n) is 11.6. The first-order valence-electron chi connectivity index (χ1n) is 5.67. The van der Waals surface area contributed by atoms with E-state index >= 15 is 0 Å². The minimum absolute atomic E-state index is 2.14. The van der Waals surface area contributed by atoms with Crippen LogP contribution in [0.1, 0.15) is 0 Å². The summed E-state index contributed by atoms with van der Waals surface area (Å²) in [5.41, 5.74) is 0. The smallest absolute Gasteiger partial charge is 0.311 e. The SMILES string of the molecule is FC(C(F)(F)F)C(F)(F)OCC(F)(F)C(F)(F)C(F)(F)C(F)(F)C(F)(F)F. The molecule has 0 aromatic heterocycles. The van der Waals surface area contributed by atoms with Gasteiger partial charge in [-0.15, -0.1) is 0 Å². The fourth-order valence-electron chi connectivity index (χ4n) is 1.15. The number of hydrogen-bond donors (Lipinski definition) is 0. The molecule has 0 saturated heterocycles. The number of alkyl halides is 17. The molecule has 0 aromatic rings. The van der Waals surface area contributed by atoms with Crippen molar-refractivity contribution in [1.82, 2.24) is 0 Å². The monoisotopic (exact) mass is 450 g/mol. The second-order valence-electron chi connectivity index (χ2n) is 4.68. The van der Waals surface area contributed by atoms with E-state index in [9.17, 15) is 74.6 Å². The highest BCUT2D eigenvalue weighted by Crippen LogP contribution is 2.57. The van der Waals surface area contributed by atoms with Crippen molar-refractivity contribution < 1.29 is 79.4 Å². The van der Waals surface area contributed by atoms with Crippen molar-refractivity contribution in [2.45, 2.75) is 48.3 Å². The summed E-state index contributed by atoms with van der Waals surface area (Å²) in [5.74, 6) is -30.6. The lowest BCUT2D eigenvalue weighted by Crippen LogP contribution is -2.67. The predicted octanol–water partition coefficient (Wildman–Crippen LogP) is 5.60. The largest absolute Gasteiger partial charge is 0.460 e. The van der Waals surface area contributed by atoms with Crippen molar-refractivity contribution in [2.24, 2.45) is 0 Å². The molecule has 18 heteroatoms. The Morgan fingerprint density at radius 2 is 0.926 bits per heavy atom. The summed E-state index contributed by atoms with van der Waals surface area (Å²) in [6.45, 7) is -3.98. The molecule has 0 aromatic carbocycles. The first-order chi connectivity index (χ1) is 11.4. The summed E-state index contributed by atoms with van der Waals surface area (Å²) in [6.07, 6.45) is -25.9. The highest BCUT2D eigenvalue weighted by Gasteiger charge is 2.87. The van der Waals surface area contributed by atoms with Crippen molar-refractivity contribution >= 4 is 0 Å². The van der Waals surface area contributed by atoms with Crippen LogP contribution in [0.2, 0.25) is 0 Å². The molecule has 0 heterocycles. The summed E-state index contributed by atoms with van der Waals surface area (Å²) in [6, 6.07) is 0. The summed E-state index contributed by atoms with van der Waals surface area (Å²) < 4.78 is 212. The van der Waals surface area contributed by atoms with Gasteiger partial charge >= 0.3 is 42.2 Å². The van der Waals surface area contributed by atoms with Crippen LogP contribution in [0.3, 0.4) is 0 Å². The van der Waals surface area contributed by atoms with E-state index in [1.807, 2.05) is 0 Å². The third-order valence-corrected chi connectivity index (χ3v) is 2.63. The normalized spacial score (nSPS) is 17.2. The van der Waals surface area contributed by atoms with Crippen LogP contribution in [0.4, 0.5) is 74.6 Å². The lowest BCUT2D eigenvalue weighted by atomic mass is 9.98. The molecule has 0 rings (SSSR count). The maximum absolute atomic E-state index is 12.9. The van der Waals surface area contributed by atoms with Gasteiger partial charge in [-0.2, -0.15) is 70.2 Å². The Labute approximate surface area is 136 Å². The Kier molecular flexibility index (Phi) is 6.38. The maximum Gasteiger partial charge on any atom is 0.460 e. The fourth-order valence-corrected chi connectivity index (χ4v) is 1.15. The molecule has 0 saturated carbocycles. The van der Waals surface area contributed by atoms with Crippen LogP contribution in [-0.4, -0.2) is 54.9 Å². The van der Waals surface area contributed by atoms with Crippen LogP contribution in [-0.2, 0) is 4.74 Å². The molecule has 1 unspecified atom stereocenters. The predicted molar refractivity (Wildman–Crippen MR) is 47.7 cm³/mol. The quantitative estimate of drug-likeness (QED) is 0.459. The average Bonchev–Trinajstić information content (AvgIpc) is 2.41. The minimum atomic E-state index is -7.97. The third kappa shape index (κ3) is 4.44. The fraction of sp³-hybridized carbons (Fsp3) is 1.00. The molecule has 0 aliphatic heterocycles. The Bertz CT molecular complexity index is 513. The molecule has 0 fully saturated rings. The second-order valence-corrected chi connectivity index (χ2v) is 4.68. The Hall–Kier alpha value is -1.23. The number of halogens is 17. The van der Waals surface area contributed by atoms with Gasteiger partial charge < -0.3 is 4.74 Å². The van der Waals surface area contributed by atoms with Gasteiger partial charge in [0.15, 0.2) is 0 Å². The van der Waals surface area contributed by atoms with Crippen LogP contribution in [0, 0.1) is 0 Å². The average molecular weight is 450 g/mol. The van der Waals surface area contributed by atoms with E-state index in [1.165, 1.54) is 0 Å². The molecule has 0 radical (unpaired) electrons. The van der Waals surface area contributed by atoms with Gasteiger partial charge in [0.1, 0.15) is 6.61 Å². The molecule has 0 N–H and O–H groups in total. The van der Waals surface area contributed by atoms with Crippen LogP contribution >= 0.6 is 0 Å². The molecule has 0 bridgehead atoms. The van der Waals surface area contributed by atoms with Crippen LogP contribution in [0.15, 0.2) is 0 Å². The topological polar surface area (TPSA) is 9.23 Å². The summed E-state index contributed by atoms with van der Waals surface area (Å²) in [7, 11) is 0. The summed E-state index contributed by atoms with van der Waals surface area (Å²) in [4.78, 5) is 0. The Morgan fingerprint density at radius 3 is 1.22 bits per heavy atom. The van der Waals surface area contributed by atoms with Gasteiger partial charge in [-0.3, -0.25) is 0 Å². The maximum atomic E-state index is 12.9. The van der Waals surface area contributed by atoms with E-state index < -0.39 is 54.9 Å². The van der Waals surface area contributed by atoms with Crippen LogP contribution in [0.25, 0.3) is 0 Å². The molecular formula is C9H3F17O. The zero-order valence-corrected chi connectivity index (χ0v) is 11.6. The van der Waals surface area contributed by atoms with Crippen molar-refractivity contribution in [2.75, 3.05) is 6.61 Å². The molecule has 1 nitrogen and oxygen atoms in total. The van der Waals surface area contributed by atoms with E-state index in [1.54, 1.807) is 0 Å². The van der Waals surface area contributed by atoms with Crippen molar-refractivity contribution in [1.29, 1.82) is 0 Å². The van der Waals surface area contributed by atoms with Crippen molar-refractivity contribution in [3.8, 4) is 0 Å². The Morgan fingerprint density at radius 1 is 0.556 bits per heavy atom. The van der Waals surface area contributed by atoms with Crippen LogP contribution < -0.4 is 0 Å². The molecule has 164 valence electrons. The molecule has 27 heavy (non-hydrogen) atoms. The van der Waals surface area contributed by atoms with Gasteiger partial charge in [-0.25, -0.2) is 4.39 Å². The van der Waals surface area contributed by atoms with Gasteiger partial charge in [0, 0.05) is 0 Å². The molecule has 0 aliphatic rings. The van der Waals surface area contributed by atoms with E-state index in [2.05, 4.69) is 4.74 Å². The molecule has 0 aliphatic carbocycles. The van der Waals surface area contributed by atoms with Gasteiger partial charge in [0.25, 0.3) is 6.17 Å². The minimum Gasteiger partial charge on any atom is -0.311 e. The molecule has 1 atom stereocenters. The zero-order chi connectivity index (χ0) is 22.5. The van der Waals surface area contributed by atoms with Crippen LogP contribution in [0.5, 0.6) is 0 Å². The Balaban J connectivity index is 5.75. The molecule has 0 amide bonds. The summed E-state index contributed by atoms with van der Waals surface area (Å²) in [5, 5.41) is 0. The van der Waals surface area contributed by atoms with E-state index in [0.29, 0.717) is 0 Å². The first-order valence-corrected chi connectivity index (χ1v) is 5.67. The number of rotatable bonds is 7. The number of ether oxygens (including phenoxy) is 1. The highest BCUT2D eigenvalue weighted by atomic mass is 19.4. The van der Waals surface area contributed by atoms with E-state index in [-0.39, 0.29) is 0 Å². The van der Waals surface area contributed by atoms with Gasteiger partial charge in [0.2, 0.25) is 0 Å². The van der Waals surface area contributed by atoms with E-state index in [0.717, 1.165) is 0 Å². The van der Waals surface area contributed by atoms with Crippen molar-refractivity contribution in [3.63, 3.8) is 0 Å². The molecular weight excluding hydrogens is 447 g/mol. The lowest BCUT2D eigenvalue weighted by molar-refractivity contribution is -0.431. The summed E-state index contributed by atoms with van der Waals surface area (Å²) >= 11 is 0. The van der Waals surface area contributed by atoms with Gasteiger partial charge in [-0.05, 0) is 0 Å². The van der Waals surface area contributed by atoms with Crippen molar-refractivity contribution in [3.05, 3.63) is 0 Å². The molecule has 0 spiro atoms.